The van der Waals surface area contributed by atoms with Gasteiger partial charge in [0, 0.05) is 19.1 Å². The zero-order valence-corrected chi connectivity index (χ0v) is 20.1. The number of likely N-dealkylation sites (tertiary alicyclic amines) is 1. The Kier molecular flexibility index (Phi) is 6.11. The Morgan fingerprint density at radius 2 is 1.82 bits per heavy atom. The SMILES string of the molecule is COc1cc2c(cc1OC)[C@@H]1C[C@H]3[C@H](CCCN3C(=O)N[C@H](C)c3ccccc3)C(=O)N1CC2. The highest BCUT2D eigenvalue weighted by molar-refractivity contribution is 5.84. The Morgan fingerprint density at radius 3 is 2.56 bits per heavy atom. The number of amides is 3. The van der Waals surface area contributed by atoms with Crippen molar-refractivity contribution in [3.8, 4) is 11.5 Å². The normalized spacial score (nSPS) is 24.4. The number of piperidine rings is 2. The lowest BCUT2D eigenvalue weighted by molar-refractivity contribution is -0.148. The van der Waals surface area contributed by atoms with Crippen LogP contribution in [0.4, 0.5) is 4.79 Å². The molecule has 180 valence electrons. The van der Waals surface area contributed by atoms with Crippen LogP contribution in [0.1, 0.15) is 55.0 Å². The van der Waals surface area contributed by atoms with E-state index < -0.39 is 0 Å². The van der Waals surface area contributed by atoms with Crippen molar-refractivity contribution in [1.82, 2.24) is 15.1 Å². The zero-order valence-electron chi connectivity index (χ0n) is 20.1. The molecule has 34 heavy (non-hydrogen) atoms. The molecular weight excluding hydrogens is 430 g/mol. The van der Waals surface area contributed by atoms with Crippen molar-refractivity contribution in [1.29, 1.82) is 0 Å². The standard InChI is InChI=1S/C27H33N3O4/c1-17(18-8-5-4-6-9-18)28-27(32)30-12-7-10-20-22(30)16-23-21-15-25(34-3)24(33-2)14-19(21)11-13-29(23)26(20)31/h4-6,8-9,14-15,17,20,22-23H,7,10-13,16H2,1-3H3,(H,28,32)/t17-,20+,22+,23+/m1/s1. The molecule has 0 saturated carbocycles. The van der Waals surface area contributed by atoms with E-state index in [0.717, 1.165) is 36.8 Å². The molecule has 0 aliphatic carbocycles. The molecule has 1 N–H and O–H groups in total. The predicted octanol–water partition coefficient (Wildman–Crippen LogP) is 4.08. The molecule has 0 unspecified atom stereocenters. The minimum absolute atomic E-state index is 0.0581. The fraction of sp³-hybridized carbons (Fsp3) is 0.481. The van der Waals surface area contributed by atoms with E-state index in [1.54, 1.807) is 14.2 Å². The van der Waals surface area contributed by atoms with Crippen LogP contribution >= 0.6 is 0 Å². The van der Waals surface area contributed by atoms with Crippen LogP contribution in [-0.2, 0) is 11.2 Å². The van der Waals surface area contributed by atoms with Crippen molar-refractivity contribution in [3.63, 3.8) is 0 Å². The largest absolute Gasteiger partial charge is 0.493 e. The quantitative estimate of drug-likeness (QED) is 0.742. The molecule has 5 rings (SSSR count). The van der Waals surface area contributed by atoms with Crippen LogP contribution in [0.2, 0.25) is 0 Å². The van der Waals surface area contributed by atoms with E-state index in [4.69, 9.17) is 9.47 Å². The summed E-state index contributed by atoms with van der Waals surface area (Å²) in [7, 11) is 3.27. The fourth-order valence-electron chi connectivity index (χ4n) is 5.97. The number of nitrogens with one attached hydrogen (secondary N) is 1. The molecule has 7 heteroatoms. The van der Waals surface area contributed by atoms with Crippen LogP contribution in [0.5, 0.6) is 11.5 Å². The van der Waals surface area contributed by atoms with E-state index in [0.29, 0.717) is 24.6 Å². The fourth-order valence-corrected chi connectivity index (χ4v) is 5.97. The van der Waals surface area contributed by atoms with Gasteiger partial charge in [-0.1, -0.05) is 30.3 Å². The van der Waals surface area contributed by atoms with Gasteiger partial charge < -0.3 is 24.6 Å². The third kappa shape index (κ3) is 3.87. The summed E-state index contributed by atoms with van der Waals surface area (Å²) in [6.07, 6.45) is 3.23. The average Bonchev–Trinajstić information content (AvgIpc) is 2.88. The number of fused-ring (bicyclic) bond motifs is 4. The smallest absolute Gasteiger partial charge is 0.318 e. The Balaban J connectivity index is 1.41. The van der Waals surface area contributed by atoms with Gasteiger partial charge in [-0.25, -0.2) is 4.79 Å². The van der Waals surface area contributed by atoms with E-state index in [2.05, 4.69) is 5.32 Å². The molecule has 0 radical (unpaired) electrons. The van der Waals surface area contributed by atoms with Crippen LogP contribution in [-0.4, -0.2) is 55.1 Å². The highest BCUT2D eigenvalue weighted by atomic mass is 16.5. The van der Waals surface area contributed by atoms with Crippen LogP contribution in [0.3, 0.4) is 0 Å². The first-order valence-electron chi connectivity index (χ1n) is 12.2. The predicted molar refractivity (Wildman–Crippen MR) is 129 cm³/mol. The van der Waals surface area contributed by atoms with Gasteiger partial charge in [-0.05, 0) is 61.4 Å². The topological polar surface area (TPSA) is 71.1 Å². The van der Waals surface area contributed by atoms with Crippen molar-refractivity contribution < 1.29 is 19.1 Å². The molecule has 3 aliphatic rings. The lowest BCUT2D eigenvalue weighted by atomic mass is 9.76. The number of benzene rings is 2. The molecule has 3 heterocycles. The summed E-state index contributed by atoms with van der Waals surface area (Å²) in [6.45, 7) is 3.37. The van der Waals surface area contributed by atoms with Gasteiger partial charge in [-0.2, -0.15) is 0 Å². The highest BCUT2D eigenvalue weighted by Crippen LogP contribution is 2.46. The number of ether oxygens (including phenoxy) is 2. The molecular formula is C27H33N3O4. The summed E-state index contributed by atoms with van der Waals surface area (Å²) < 4.78 is 11.1. The van der Waals surface area contributed by atoms with Gasteiger partial charge in [-0.15, -0.1) is 0 Å². The number of nitrogens with zero attached hydrogens (tertiary/aromatic N) is 2. The summed E-state index contributed by atoms with van der Waals surface area (Å²) in [5, 5.41) is 3.16. The summed E-state index contributed by atoms with van der Waals surface area (Å²) >= 11 is 0. The number of carbonyl (C=O) groups excluding carboxylic acids is 2. The van der Waals surface area contributed by atoms with E-state index >= 15 is 0 Å². The Morgan fingerprint density at radius 1 is 1.09 bits per heavy atom. The number of urea groups is 1. The first-order chi connectivity index (χ1) is 16.5. The van der Waals surface area contributed by atoms with Crippen molar-refractivity contribution >= 4 is 11.9 Å². The molecule has 2 fully saturated rings. The molecule has 2 saturated heterocycles. The molecule has 0 aromatic heterocycles. The molecule has 3 amide bonds. The monoisotopic (exact) mass is 463 g/mol. The van der Waals surface area contributed by atoms with Crippen LogP contribution in [0.25, 0.3) is 0 Å². The second-order valence-electron chi connectivity index (χ2n) is 9.53. The van der Waals surface area contributed by atoms with Gasteiger partial charge in [0.2, 0.25) is 5.91 Å². The Labute approximate surface area is 201 Å². The van der Waals surface area contributed by atoms with Gasteiger partial charge in [0.1, 0.15) is 0 Å². The van der Waals surface area contributed by atoms with Crippen molar-refractivity contribution in [2.75, 3.05) is 27.3 Å². The number of hydrogen-bond acceptors (Lipinski definition) is 4. The second-order valence-corrected chi connectivity index (χ2v) is 9.53. The van der Waals surface area contributed by atoms with Crippen LogP contribution in [0, 0.1) is 5.92 Å². The molecule has 2 aromatic carbocycles. The van der Waals surface area contributed by atoms with Gasteiger partial charge in [0.25, 0.3) is 0 Å². The number of hydrogen-bond donors (Lipinski definition) is 1. The molecule has 0 spiro atoms. The first-order valence-corrected chi connectivity index (χ1v) is 12.2. The Bertz CT molecular complexity index is 1070. The summed E-state index contributed by atoms with van der Waals surface area (Å²) in [5.41, 5.74) is 3.37. The third-order valence-corrected chi connectivity index (χ3v) is 7.75. The van der Waals surface area contributed by atoms with E-state index in [1.807, 2.05) is 59.2 Å². The molecule has 7 nitrogen and oxygen atoms in total. The van der Waals surface area contributed by atoms with E-state index in [-0.39, 0.29) is 36.0 Å². The molecule has 3 aliphatic heterocycles. The van der Waals surface area contributed by atoms with Gasteiger partial charge in [0.15, 0.2) is 11.5 Å². The summed E-state index contributed by atoms with van der Waals surface area (Å²) in [4.78, 5) is 30.9. The maximum Gasteiger partial charge on any atom is 0.318 e. The number of methoxy groups -OCH3 is 2. The van der Waals surface area contributed by atoms with Crippen molar-refractivity contribution in [2.45, 2.75) is 50.7 Å². The van der Waals surface area contributed by atoms with E-state index in [1.165, 1.54) is 5.56 Å². The lowest BCUT2D eigenvalue weighted by Gasteiger charge is -2.51. The minimum atomic E-state index is -0.135. The second kappa shape index (κ2) is 9.20. The molecule has 4 atom stereocenters. The first kappa shape index (κ1) is 22.6. The Hall–Kier alpha value is -3.22. The van der Waals surface area contributed by atoms with Crippen LogP contribution in [0.15, 0.2) is 42.5 Å². The highest BCUT2D eigenvalue weighted by Gasteiger charge is 2.49. The summed E-state index contributed by atoms with van der Waals surface area (Å²) in [6, 6.07) is 13.7. The van der Waals surface area contributed by atoms with Gasteiger partial charge in [-0.3, -0.25) is 4.79 Å². The van der Waals surface area contributed by atoms with Crippen molar-refractivity contribution in [2.24, 2.45) is 5.92 Å². The van der Waals surface area contributed by atoms with Gasteiger partial charge >= 0.3 is 6.03 Å². The van der Waals surface area contributed by atoms with E-state index in [9.17, 15) is 9.59 Å². The zero-order chi connectivity index (χ0) is 23.8. The van der Waals surface area contributed by atoms with Crippen molar-refractivity contribution in [3.05, 3.63) is 59.2 Å². The lowest BCUT2D eigenvalue weighted by Crippen LogP contribution is -2.61. The number of rotatable bonds is 4. The molecule has 0 bridgehead atoms. The van der Waals surface area contributed by atoms with Gasteiger partial charge in [0.05, 0.1) is 32.2 Å². The number of carbonyl (C=O) groups is 2. The summed E-state index contributed by atoms with van der Waals surface area (Å²) in [5.74, 6) is 1.43. The maximum atomic E-state index is 13.6. The minimum Gasteiger partial charge on any atom is -0.493 e. The average molecular weight is 464 g/mol. The third-order valence-electron chi connectivity index (χ3n) is 7.75. The maximum absolute atomic E-state index is 13.6. The molecule has 2 aromatic rings. The van der Waals surface area contributed by atoms with Crippen LogP contribution < -0.4 is 14.8 Å².